The first-order valence-corrected chi connectivity index (χ1v) is 5.23. The van der Waals surface area contributed by atoms with Gasteiger partial charge in [-0.1, -0.05) is 22.6 Å². The maximum atomic E-state index is 3.31. The lowest BCUT2D eigenvalue weighted by Gasteiger charge is -2.37. The SMILES string of the molecule is Br.Br.IC1CCCN1C1CNC1. The number of alkyl halides is 1. The highest BCUT2D eigenvalue weighted by Crippen LogP contribution is 2.25. The van der Waals surface area contributed by atoms with Crippen molar-refractivity contribution in [1.29, 1.82) is 0 Å². The smallest absolute Gasteiger partial charge is 0.0622 e. The van der Waals surface area contributed by atoms with E-state index in [0.717, 1.165) is 10.1 Å². The Morgan fingerprint density at radius 2 is 1.92 bits per heavy atom. The first kappa shape index (κ1) is 13.6. The second kappa shape index (κ2) is 6.16. The normalized spacial score (nSPS) is 30.2. The van der Waals surface area contributed by atoms with Gasteiger partial charge < -0.3 is 5.32 Å². The molecule has 0 aromatic rings. The van der Waals surface area contributed by atoms with Crippen LogP contribution in [-0.2, 0) is 0 Å². The molecule has 2 saturated heterocycles. The van der Waals surface area contributed by atoms with Crippen LogP contribution >= 0.6 is 56.6 Å². The van der Waals surface area contributed by atoms with E-state index in [1.54, 1.807) is 0 Å². The van der Waals surface area contributed by atoms with E-state index in [2.05, 4.69) is 32.8 Å². The number of hydrogen-bond donors (Lipinski definition) is 1. The number of halogens is 3. The van der Waals surface area contributed by atoms with Crippen LogP contribution in [0.4, 0.5) is 0 Å². The minimum Gasteiger partial charge on any atom is -0.314 e. The van der Waals surface area contributed by atoms with Gasteiger partial charge >= 0.3 is 0 Å². The average molecular weight is 414 g/mol. The van der Waals surface area contributed by atoms with E-state index < -0.39 is 0 Å². The highest BCUT2D eigenvalue weighted by atomic mass is 127. The highest BCUT2D eigenvalue weighted by molar-refractivity contribution is 14.1. The Morgan fingerprint density at radius 3 is 2.25 bits per heavy atom. The van der Waals surface area contributed by atoms with E-state index in [4.69, 9.17) is 0 Å². The molecule has 0 saturated carbocycles. The monoisotopic (exact) mass is 412 g/mol. The second-order valence-electron chi connectivity index (χ2n) is 3.13. The van der Waals surface area contributed by atoms with Crippen LogP contribution in [0.15, 0.2) is 0 Å². The van der Waals surface area contributed by atoms with Crippen molar-refractivity contribution in [1.82, 2.24) is 10.2 Å². The standard InChI is InChI=1S/C7H13IN2.2BrH/c8-7-2-1-3-10(7)6-4-9-5-6;;/h6-7,9H,1-5H2;2*1H. The lowest BCUT2D eigenvalue weighted by Crippen LogP contribution is -2.57. The number of nitrogens with one attached hydrogen (secondary N) is 1. The van der Waals surface area contributed by atoms with E-state index >= 15 is 0 Å². The summed E-state index contributed by atoms with van der Waals surface area (Å²) >= 11 is 2.56. The predicted octanol–water partition coefficient (Wildman–Crippen LogP) is 1.97. The molecule has 1 unspecified atom stereocenters. The molecular weight excluding hydrogens is 399 g/mol. The Bertz CT molecular complexity index is 133. The van der Waals surface area contributed by atoms with Gasteiger partial charge in [0.15, 0.2) is 0 Å². The first-order chi connectivity index (χ1) is 4.88. The molecule has 0 aliphatic carbocycles. The van der Waals surface area contributed by atoms with Crippen molar-refractivity contribution in [3.63, 3.8) is 0 Å². The summed E-state index contributed by atoms with van der Waals surface area (Å²) in [6.07, 6.45) is 2.81. The second-order valence-corrected chi connectivity index (χ2v) is 4.56. The summed E-state index contributed by atoms with van der Waals surface area (Å²) in [5, 5.41) is 3.31. The molecule has 2 aliphatic rings. The summed E-state index contributed by atoms with van der Waals surface area (Å²) in [4.78, 5) is 2.64. The fraction of sp³-hybridized carbons (Fsp3) is 1.00. The van der Waals surface area contributed by atoms with E-state index in [1.165, 1.54) is 32.5 Å². The molecule has 0 aromatic carbocycles. The Morgan fingerprint density at radius 1 is 1.25 bits per heavy atom. The van der Waals surface area contributed by atoms with Crippen LogP contribution < -0.4 is 5.32 Å². The maximum absolute atomic E-state index is 3.31. The molecule has 5 heteroatoms. The van der Waals surface area contributed by atoms with Gasteiger partial charge in [0.25, 0.3) is 0 Å². The van der Waals surface area contributed by atoms with Gasteiger partial charge in [-0.2, -0.15) is 0 Å². The number of likely N-dealkylation sites (tertiary alicyclic amines) is 1. The molecule has 0 aromatic heterocycles. The average Bonchev–Trinajstić information content (AvgIpc) is 2.12. The fourth-order valence-electron chi connectivity index (χ4n) is 1.67. The minimum atomic E-state index is 0. The van der Waals surface area contributed by atoms with Gasteiger partial charge in [-0.3, -0.25) is 4.90 Å². The minimum absolute atomic E-state index is 0. The van der Waals surface area contributed by atoms with Crippen molar-refractivity contribution in [2.24, 2.45) is 0 Å². The number of hydrogen-bond acceptors (Lipinski definition) is 2. The molecule has 0 bridgehead atoms. The zero-order chi connectivity index (χ0) is 6.97. The highest BCUT2D eigenvalue weighted by Gasteiger charge is 2.31. The lowest BCUT2D eigenvalue weighted by atomic mass is 10.1. The van der Waals surface area contributed by atoms with Crippen molar-refractivity contribution >= 4 is 56.6 Å². The van der Waals surface area contributed by atoms with Crippen molar-refractivity contribution in [3.8, 4) is 0 Å². The Hall–Kier alpha value is 1.61. The Labute approximate surface area is 109 Å². The molecule has 74 valence electrons. The molecule has 1 atom stereocenters. The Kier molecular flexibility index (Phi) is 6.99. The van der Waals surface area contributed by atoms with Gasteiger partial charge in [0.2, 0.25) is 0 Å². The summed E-state index contributed by atoms with van der Waals surface area (Å²) in [7, 11) is 0. The van der Waals surface area contributed by atoms with Crippen LogP contribution in [0.1, 0.15) is 12.8 Å². The van der Waals surface area contributed by atoms with Crippen LogP contribution in [0.2, 0.25) is 0 Å². The zero-order valence-corrected chi connectivity index (χ0v) is 12.4. The molecule has 2 nitrogen and oxygen atoms in total. The lowest BCUT2D eigenvalue weighted by molar-refractivity contribution is 0.173. The van der Waals surface area contributed by atoms with E-state index in [9.17, 15) is 0 Å². The third-order valence-corrected chi connectivity index (χ3v) is 3.79. The third-order valence-electron chi connectivity index (χ3n) is 2.45. The Balaban J connectivity index is 0.000000605. The molecule has 12 heavy (non-hydrogen) atoms. The number of nitrogens with zero attached hydrogens (tertiary/aromatic N) is 1. The summed E-state index contributed by atoms with van der Waals surface area (Å²) in [5.74, 6) is 0. The topological polar surface area (TPSA) is 15.3 Å². The fourth-order valence-corrected chi connectivity index (χ4v) is 2.84. The predicted molar refractivity (Wildman–Crippen MR) is 71.0 cm³/mol. The van der Waals surface area contributed by atoms with Crippen molar-refractivity contribution < 1.29 is 0 Å². The van der Waals surface area contributed by atoms with E-state index in [1.807, 2.05) is 0 Å². The van der Waals surface area contributed by atoms with E-state index in [-0.39, 0.29) is 34.0 Å². The molecular formula is C7H15Br2IN2. The van der Waals surface area contributed by atoms with Crippen LogP contribution in [0.5, 0.6) is 0 Å². The first-order valence-electron chi connectivity index (χ1n) is 3.98. The van der Waals surface area contributed by atoms with Gasteiger partial charge in [-0.15, -0.1) is 34.0 Å². The van der Waals surface area contributed by atoms with Gasteiger partial charge in [0.1, 0.15) is 0 Å². The summed E-state index contributed by atoms with van der Waals surface area (Å²) < 4.78 is 0.824. The van der Waals surface area contributed by atoms with Crippen LogP contribution in [0, 0.1) is 0 Å². The van der Waals surface area contributed by atoms with Crippen molar-refractivity contribution in [2.75, 3.05) is 19.6 Å². The van der Waals surface area contributed by atoms with Crippen molar-refractivity contribution in [3.05, 3.63) is 0 Å². The maximum Gasteiger partial charge on any atom is 0.0622 e. The van der Waals surface area contributed by atoms with Gasteiger partial charge in [0.05, 0.1) is 4.05 Å². The van der Waals surface area contributed by atoms with Gasteiger partial charge in [0, 0.05) is 19.1 Å². The van der Waals surface area contributed by atoms with Gasteiger partial charge in [-0.25, -0.2) is 0 Å². The summed E-state index contributed by atoms with van der Waals surface area (Å²) in [6, 6.07) is 0.865. The molecule has 2 heterocycles. The molecule has 2 rings (SSSR count). The molecule has 0 amide bonds. The quantitative estimate of drug-likeness (QED) is 0.402. The molecule has 0 spiro atoms. The molecule has 2 fully saturated rings. The zero-order valence-electron chi connectivity index (χ0n) is 6.83. The third kappa shape index (κ3) is 2.80. The number of rotatable bonds is 1. The van der Waals surface area contributed by atoms with Crippen molar-refractivity contribution in [2.45, 2.75) is 22.9 Å². The summed E-state index contributed by atoms with van der Waals surface area (Å²) in [6.45, 7) is 3.78. The van der Waals surface area contributed by atoms with Crippen LogP contribution in [0.25, 0.3) is 0 Å². The molecule has 1 N–H and O–H groups in total. The van der Waals surface area contributed by atoms with E-state index in [0.29, 0.717) is 0 Å². The summed E-state index contributed by atoms with van der Waals surface area (Å²) in [5.41, 5.74) is 0. The molecule has 2 aliphatic heterocycles. The largest absolute Gasteiger partial charge is 0.314 e. The molecule has 0 radical (unpaired) electrons. The van der Waals surface area contributed by atoms with Gasteiger partial charge in [-0.05, 0) is 19.4 Å². The van der Waals surface area contributed by atoms with Crippen LogP contribution in [0.3, 0.4) is 0 Å². The van der Waals surface area contributed by atoms with Crippen LogP contribution in [-0.4, -0.2) is 34.6 Å².